The number of hydrogen-bond donors (Lipinski definition) is 2. The summed E-state index contributed by atoms with van der Waals surface area (Å²) in [5, 5.41) is 0.149. The van der Waals surface area contributed by atoms with Crippen LogP contribution in [0.4, 0.5) is 4.39 Å². The average Bonchev–Trinajstić information content (AvgIpc) is 2.49. The number of nitrogens with two attached hydrogens (primary N) is 1. The molecule has 0 aliphatic heterocycles. The third-order valence-corrected chi connectivity index (χ3v) is 3.91. The van der Waals surface area contributed by atoms with Gasteiger partial charge in [0.05, 0.1) is 5.02 Å². The monoisotopic (exact) mass is 306 g/mol. The first-order valence-electron chi connectivity index (χ1n) is 7.04. The summed E-state index contributed by atoms with van der Waals surface area (Å²) >= 11 is 5.69. The van der Waals surface area contributed by atoms with Gasteiger partial charge in [-0.3, -0.25) is 11.3 Å². The summed E-state index contributed by atoms with van der Waals surface area (Å²) in [4.78, 5) is 0. The molecule has 112 valence electrons. The predicted octanol–water partition coefficient (Wildman–Crippen LogP) is 3.79. The van der Waals surface area contributed by atoms with Crippen LogP contribution >= 0.6 is 11.6 Å². The zero-order valence-corrected chi connectivity index (χ0v) is 12.8. The maximum Gasteiger partial charge on any atom is 0.142 e. The van der Waals surface area contributed by atoms with Crippen LogP contribution in [0.1, 0.15) is 23.1 Å². The van der Waals surface area contributed by atoms with E-state index in [9.17, 15) is 4.39 Å². The van der Waals surface area contributed by atoms with Crippen molar-refractivity contribution in [3.63, 3.8) is 0 Å². The molecule has 0 amide bonds. The first-order chi connectivity index (χ1) is 10.1. The number of benzene rings is 2. The first-order valence-corrected chi connectivity index (χ1v) is 7.42. The largest absolute Gasteiger partial charge is 0.271 e. The first kappa shape index (κ1) is 16.0. The molecular weight excluding hydrogens is 287 g/mol. The molecule has 0 aromatic heterocycles. The van der Waals surface area contributed by atoms with Crippen LogP contribution in [0.2, 0.25) is 5.02 Å². The number of nitrogens with one attached hydrogen (secondary N) is 1. The van der Waals surface area contributed by atoms with Crippen LogP contribution in [0.5, 0.6) is 0 Å². The highest BCUT2D eigenvalue weighted by molar-refractivity contribution is 6.30. The molecule has 1 unspecified atom stereocenters. The fourth-order valence-electron chi connectivity index (χ4n) is 2.29. The third-order valence-electron chi connectivity index (χ3n) is 3.60. The van der Waals surface area contributed by atoms with E-state index < -0.39 is 0 Å². The lowest BCUT2D eigenvalue weighted by atomic mass is 9.99. The smallest absolute Gasteiger partial charge is 0.142 e. The van der Waals surface area contributed by atoms with Crippen molar-refractivity contribution in [2.45, 2.75) is 32.2 Å². The van der Waals surface area contributed by atoms with Gasteiger partial charge in [-0.1, -0.05) is 47.5 Å². The normalized spacial score (nSPS) is 12.4. The molecule has 2 aromatic carbocycles. The lowest BCUT2D eigenvalue weighted by Crippen LogP contribution is -2.37. The Balaban J connectivity index is 1.93. The summed E-state index contributed by atoms with van der Waals surface area (Å²) in [6.07, 6.45) is 2.51. The quantitative estimate of drug-likeness (QED) is 0.629. The molecule has 3 N–H and O–H groups in total. The fraction of sp³-hybridized carbons (Fsp3) is 0.294. The molecule has 0 aliphatic carbocycles. The van der Waals surface area contributed by atoms with E-state index in [4.69, 9.17) is 17.4 Å². The Kier molecular flexibility index (Phi) is 5.74. The van der Waals surface area contributed by atoms with Crippen LogP contribution in [0, 0.1) is 12.7 Å². The molecule has 0 spiro atoms. The molecule has 2 nitrogen and oxygen atoms in total. The van der Waals surface area contributed by atoms with E-state index in [-0.39, 0.29) is 16.9 Å². The number of hydrogen-bond acceptors (Lipinski definition) is 2. The SMILES string of the molecule is Cc1ccc(CCC(Cc2ccc(Cl)c(F)c2)NN)cc1. The molecule has 0 radical (unpaired) electrons. The van der Waals surface area contributed by atoms with E-state index in [1.807, 2.05) is 6.07 Å². The zero-order chi connectivity index (χ0) is 15.2. The average molecular weight is 307 g/mol. The molecule has 21 heavy (non-hydrogen) atoms. The second kappa shape index (κ2) is 7.55. The molecule has 0 saturated carbocycles. The number of rotatable bonds is 6. The molecule has 0 fully saturated rings. The Morgan fingerprint density at radius 1 is 1.14 bits per heavy atom. The van der Waals surface area contributed by atoms with Crippen molar-refractivity contribution < 1.29 is 4.39 Å². The molecular formula is C17H20ClFN2. The van der Waals surface area contributed by atoms with Crippen LogP contribution in [0.25, 0.3) is 0 Å². The van der Waals surface area contributed by atoms with Gasteiger partial charge in [0, 0.05) is 6.04 Å². The highest BCUT2D eigenvalue weighted by Gasteiger charge is 2.10. The van der Waals surface area contributed by atoms with Crippen LogP contribution in [0.3, 0.4) is 0 Å². The molecule has 0 bridgehead atoms. The van der Waals surface area contributed by atoms with E-state index in [0.29, 0.717) is 6.42 Å². The van der Waals surface area contributed by atoms with Crippen LogP contribution in [0.15, 0.2) is 42.5 Å². The minimum atomic E-state index is -0.386. The maximum atomic E-state index is 13.4. The summed E-state index contributed by atoms with van der Waals surface area (Å²) in [6, 6.07) is 13.5. The minimum Gasteiger partial charge on any atom is -0.271 e. The number of halogens is 2. The van der Waals surface area contributed by atoms with Crippen molar-refractivity contribution in [3.8, 4) is 0 Å². The second-order valence-corrected chi connectivity index (χ2v) is 5.75. The second-order valence-electron chi connectivity index (χ2n) is 5.34. The van der Waals surface area contributed by atoms with Crippen LogP contribution in [-0.4, -0.2) is 6.04 Å². The fourth-order valence-corrected chi connectivity index (χ4v) is 2.41. The number of hydrazine groups is 1. The van der Waals surface area contributed by atoms with Crippen LogP contribution < -0.4 is 11.3 Å². The molecule has 0 aliphatic rings. The lowest BCUT2D eigenvalue weighted by molar-refractivity contribution is 0.490. The van der Waals surface area contributed by atoms with Gasteiger partial charge in [-0.2, -0.15) is 0 Å². The van der Waals surface area contributed by atoms with Crippen molar-refractivity contribution in [2.75, 3.05) is 0 Å². The highest BCUT2D eigenvalue weighted by atomic mass is 35.5. The van der Waals surface area contributed by atoms with Gasteiger partial charge in [0.15, 0.2) is 0 Å². The van der Waals surface area contributed by atoms with E-state index in [1.54, 1.807) is 6.07 Å². The summed E-state index contributed by atoms with van der Waals surface area (Å²) < 4.78 is 13.4. The molecule has 0 saturated heterocycles. The Bertz CT molecular complexity index is 584. The van der Waals surface area contributed by atoms with Gasteiger partial charge in [0.2, 0.25) is 0 Å². The Morgan fingerprint density at radius 3 is 2.43 bits per heavy atom. The van der Waals surface area contributed by atoms with Gasteiger partial charge >= 0.3 is 0 Å². The van der Waals surface area contributed by atoms with Gasteiger partial charge in [-0.05, 0) is 49.4 Å². The van der Waals surface area contributed by atoms with Gasteiger partial charge in [-0.25, -0.2) is 4.39 Å². The summed E-state index contributed by atoms with van der Waals surface area (Å²) in [5.74, 6) is 5.22. The Labute approximate surface area is 130 Å². The van der Waals surface area contributed by atoms with E-state index in [1.165, 1.54) is 17.2 Å². The predicted molar refractivity (Wildman–Crippen MR) is 85.7 cm³/mol. The van der Waals surface area contributed by atoms with Crippen molar-refractivity contribution >= 4 is 11.6 Å². The summed E-state index contributed by atoms with van der Waals surface area (Å²) in [6.45, 7) is 2.07. The lowest BCUT2D eigenvalue weighted by Gasteiger charge is -2.16. The van der Waals surface area contributed by atoms with Crippen LogP contribution in [-0.2, 0) is 12.8 Å². The molecule has 2 rings (SSSR count). The summed E-state index contributed by atoms with van der Waals surface area (Å²) in [5.41, 5.74) is 6.24. The standard InChI is InChI=1S/C17H20ClFN2/c1-12-2-4-13(5-3-12)6-8-15(21-20)10-14-7-9-16(18)17(19)11-14/h2-5,7,9,11,15,21H,6,8,10,20H2,1H3. The van der Waals surface area contributed by atoms with Gasteiger partial charge in [0.1, 0.15) is 5.82 Å². The molecule has 0 heterocycles. The van der Waals surface area contributed by atoms with Gasteiger partial charge < -0.3 is 0 Å². The summed E-state index contributed by atoms with van der Waals surface area (Å²) in [7, 11) is 0. The van der Waals surface area contributed by atoms with Crippen molar-refractivity contribution in [1.82, 2.24) is 5.43 Å². The van der Waals surface area contributed by atoms with Gasteiger partial charge in [-0.15, -0.1) is 0 Å². The molecule has 2 aromatic rings. The Hall–Kier alpha value is -1.42. The van der Waals surface area contributed by atoms with Crippen molar-refractivity contribution in [2.24, 2.45) is 5.84 Å². The molecule has 4 heteroatoms. The highest BCUT2D eigenvalue weighted by Crippen LogP contribution is 2.17. The zero-order valence-electron chi connectivity index (χ0n) is 12.1. The minimum absolute atomic E-state index is 0.104. The third kappa shape index (κ3) is 4.81. The maximum absolute atomic E-state index is 13.4. The topological polar surface area (TPSA) is 38.0 Å². The van der Waals surface area contributed by atoms with Crippen molar-refractivity contribution in [1.29, 1.82) is 0 Å². The van der Waals surface area contributed by atoms with E-state index in [2.05, 4.69) is 36.6 Å². The van der Waals surface area contributed by atoms with Gasteiger partial charge in [0.25, 0.3) is 0 Å². The van der Waals surface area contributed by atoms with E-state index in [0.717, 1.165) is 18.4 Å². The molecule has 1 atom stereocenters. The van der Waals surface area contributed by atoms with E-state index >= 15 is 0 Å². The number of aryl methyl sites for hydroxylation is 2. The Morgan fingerprint density at radius 2 is 1.81 bits per heavy atom. The van der Waals surface area contributed by atoms with Crippen molar-refractivity contribution in [3.05, 3.63) is 70.0 Å².